The first-order valence-corrected chi connectivity index (χ1v) is 5.00. The van der Waals surface area contributed by atoms with Crippen LogP contribution < -0.4 is 0 Å². The normalized spacial score (nSPS) is 12.5. The Morgan fingerprint density at radius 2 is 2.00 bits per heavy atom. The van der Waals surface area contributed by atoms with Crippen molar-refractivity contribution in [3.05, 3.63) is 32.8 Å². The summed E-state index contributed by atoms with van der Waals surface area (Å²) in [5.41, 5.74) is 0.240. The average molecular weight is 270 g/mol. The molecule has 0 spiro atoms. The average Bonchev–Trinajstić information content (AvgIpc) is 2.13. The van der Waals surface area contributed by atoms with Crippen LogP contribution in [0.2, 0.25) is 15.1 Å². The Morgan fingerprint density at radius 1 is 1.40 bits per heavy atom. The number of carboxylic acid groups (broad SMARTS) is 1. The van der Waals surface area contributed by atoms with E-state index in [2.05, 4.69) is 0 Å². The lowest BCUT2D eigenvalue weighted by molar-refractivity contribution is -0.148. The zero-order chi connectivity index (χ0) is 11.6. The molecule has 6 heteroatoms. The molecule has 15 heavy (non-hydrogen) atoms. The summed E-state index contributed by atoms with van der Waals surface area (Å²) in [7, 11) is 1.27. The summed E-state index contributed by atoms with van der Waals surface area (Å²) in [5.74, 6) is -1.15. The number of hydrogen-bond donors (Lipinski definition) is 1. The molecule has 0 saturated heterocycles. The fourth-order valence-corrected chi connectivity index (χ4v) is 1.84. The highest BCUT2D eigenvalue weighted by molar-refractivity contribution is 6.43. The van der Waals surface area contributed by atoms with Crippen molar-refractivity contribution < 1.29 is 14.6 Å². The lowest BCUT2D eigenvalue weighted by Crippen LogP contribution is -2.14. The molecule has 0 aliphatic carbocycles. The number of benzene rings is 1. The van der Waals surface area contributed by atoms with E-state index in [0.29, 0.717) is 5.02 Å². The maximum atomic E-state index is 10.8. The third-order valence-corrected chi connectivity index (χ3v) is 2.80. The van der Waals surface area contributed by atoms with E-state index < -0.39 is 12.1 Å². The third-order valence-electron chi connectivity index (χ3n) is 1.76. The predicted octanol–water partition coefficient (Wildman–Crippen LogP) is 3.42. The van der Waals surface area contributed by atoms with Gasteiger partial charge in [-0.1, -0.05) is 34.8 Å². The maximum Gasteiger partial charge on any atom is 0.337 e. The molecular formula is C9H7Cl3O3. The number of methoxy groups -OCH3 is 1. The van der Waals surface area contributed by atoms with E-state index in [-0.39, 0.29) is 15.6 Å². The molecule has 0 aliphatic heterocycles. The second-order valence-electron chi connectivity index (χ2n) is 2.74. The molecule has 3 nitrogen and oxygen atoms in total. The minimum Gasteiger partial charge on any atom is -0.479 e. The van der Waals surface area contributed by atoms with Crippen LogP contribution in [0.5, 0.6) is 0 Å². The number of rotatable bonds is 3. The van der Waals surface area contributed by atoms with Gasteiger partial charge in [0.05, 0.1) is 10.0 Å². The van der Waals surface area contributed by atoms with E-state index in [1.165, 1.54) is 19.2 Å². The molecule has 0 fully saturated rings. The molecule has 82 valence electrons. The van der Waals surface area contributed by atoms with Gasteiger partial charge in [0, 0.05) is 17.7 Å². The topological polar surface area (TPSA) is 46.5 Å². The summed E-state index contributed by atoms with van der Waals surface area (Å²) in [6, 6.07) is 2.85. The summed E-state index contributed by atoms with van der Waals surface area (Å²) in [5, 5.41) is 9.50. The second-order valence-corrected chi connectivity index (χ2v) is 3.97. The van der Waals surface area contributed by atoms with Crippen molar-refractivity contribution in [2.75, 3.05) is 7.11 Å². The Balaban J connectivity index is 3.28. The number of hydrogen-bond acceptors (Lipinski definition) is 2. The van der Waals surface area contributed by atoms with Crippen molar-refractivity contribution in [2.24, 2.45) is 0 Å². The highest BCUT2D eigenvalue weighted by atomic mass is 35.5. The predicted molar refractivity (Wildman–Crippen MR) is 58.9 cm³/mol. The molecule has 0 radical (unpaired) electrons. The van der Waals surface area contributed by atoms with Crippen LogP contribution >= 0.6 is 34.8 Å². The van der Waals surface area contributed by atoms with Crippen molar-refractivity contribution in [2.45, 2.75) is 6.10 Å². The number of carbonyl (C=O) groups is 1. The van der Waals surface area contributed by atoms with Crippen LogP contribution in [0.3, 0.4) is 0 Å². The van der Waals surface area contributed by atoms with E-state index >= 15 is 0 Å². The van der Waals surface area contributed by atoms with E-state index in [1.54, 1.807) is 0 Å². The fourth-order valence-electron chi connectivity index (χ4n) is 1.13. The Morgan fingerprint density at radius 3 is 2.47 bits per heavy atom. The molecule has 0 bridgehead atoms. The molecule has 0 amide bonds. The summed E-state index contributed by atoms with van der Waals surface area (Å²) in [6.45, 7) is 0. The van der Waals surface area contributed by atoms with Crippen LogP contribution in [0.25, 0.3) is 0 Å². The molecule has 0 aliphatic rings. The van der Waals surface area contributed by atoms with Gasteiger partial charge in [-0.3, -0.25) is 0 Å². The van der Waals surface area contributed by atoms with E-state index in [4.69, 9.17) is 44.6 Å². The first-order chi connectivity index (χ1) is 6.97. The zero-order valence-corrected chi connectivity index (χ0v) is 9.90. The van der Waals surface area contributed by atoms with Gasteiger partial charge in [0.2, 0.25) is 0 Å². The molecule has 0 aromatic heterocycles. The molecular weight excluding hydrogens is 262 g/mol. The summed E-state index contributed by atoms with van der Waals surface area (Å²) in [4.78, 5) is 10.8. The van der Waals surface area contributed by atoms with Gasteiger partial charge in [0.15, 0.2) is 6.10 Å². The van der Waals surface area contributed by atoms with Gasteiger partial charge in [0.25, 0.3) is 0 Å². The van der Waals surface area contributed by atoms with Crippen LogP contribution in [0.1, 0.15) is 11.7 Å². The van der Waals surface area contributed by atoms with E-state index in [0.717, 1.165) is 0 Å². The molecule has 1 aromatic rings. The first-order valence-electron chi connectivity index (χ1n) is 3.87. The Hall–Kier alpha value is -0.480. The highest BCUT2D eigenvalue weighted by Gasteiger charge is 2.23. The minimum absolute atomic E-state index is 0.135. The SMILES string of the molecule is COC(C(=O)O)c1cc(Cl)cc(Cl)c1Cl. The van der Waals surface area contributed by atoms with Gasteiger partial charge in [-0.05, 0) is 12.1 Å². The number of halogens is 3. The van der Waals surface area contributed by atoms with E-state index in [1.807, 2.05) is 0 Å². The van der Waals surface area contributed by atoms with Gasteiger partial charge in [-0.25, -0.2) is 4.79 Å². The molecule has 1 aromatic carbocycles. The Labute approximate surface area is 102 Å². The Bertz CT molecular complexity index is 392. The van der Waals surface area contributed by atoms with Crippen molar-refractivity contribution in [3.63, 3.8) is 0 Å². The Kier molecular flexibility index (Phi) is 4.22. The number of ether oxygens (including phenoxy) is 1. The quantitative estimate of drug-likeness (QED) is 0.855. The van der Waals surface area contributed by atoms with Crippen molar-refractivity contribution in [1.29, 1.82) is 0 Å². The first kappa shape index (κ1) is 12.6. The van der Waals surface area contributed by atoms with Gasteiger partial charge in [0.1, 0.15) is 0 Å². The van der Waals surface area contributed by atoms with Crippen molar-refractivity contribution in [1.82, 2.24) is 0 Å². The van der Waals surface area contributed by atoms with Crippen LogP contribution in [-0.2, 0) is 9.53 Å². The van der Waals surface area contributed by atoms with Gasteiger partial charge in [-0.15, -0.1) is 0 Å². The smallest absolute Gasteiger partial charge is 0.337 e. The van der Waals surface area contributed by atoms with Gasteiger partial charge >= 0.3 is 5.97 Å². The molecule has 0 saturated carbocycles. The van der Waals surface area contributed by atoms with Gasteiger partial charge < -0.3 is 9.84 Å². The zero-order valence-electron chi connectivity index (χ0n) is 7.63. The van der Waals surface area contributed by atoms with E-state index in [9.17, 15) is 4.79 Å². The summed E-state index contributed by atoms with van der Waals surface area (Å²) >= 11 is 17.3. The fraction of sp³-hybridized carbons (Fsp3) is 0.222. The molecule has 1 N–H and O–H groups in total. The monoisotopic (exact) mass is 268 g/mol. The number of aliphatic carboxylic acids is 1. The largest absolute Gasteiger partial charge is 0.479 e. The van der Waals surface area contributed by atoms with Crippen LogP contribution in [0, 0.1) is 0 Å². The van der Waals surface area contributed by atoms with Gasteiger partial charge in [-0.2, -0.15) is 0 Å². The van der Waals surface area contributed by atoms with Crippen molar-refractivity contribution >= 4 is 40.8 Å². The number of carboxylic acids is 1. The lowest BCUT2D eigenvalue weighted by atomic mass is 10.1. The summed E-state index contributed by atoms with van der Waals surface area (Å²) in [6.07, 6.45) is -1.17. The molecule has 1 atom stereocenters. The highest BCUT2D eigenvalue weighted by Crippen LogP contribution is 2.34. The van der Waals surface area contributed by atoms with Crippen LogP contribution in [0.4, 0.5) is 0 Å². The maximum absolute atomic E-state index is 10.8. The second kappa shape index (κ2) is 5.03. The third kappa shape index (κ3) is 2.75. The minimum atomic E-state index is -1.17. The summed E-state index contributed by atoms with van der Waals surface area (Å²) < 4.78 is 4.79. The van der Waals surface area contributed by atoms with Crippen LogP contribution in [0.15, 0.2) is 12.1 Å². The standard InChI is InChI=1S/C9H7Cl3O3/c1-15-8(9(13)14)5-2-4(10)3-6(11)7(5)12/h2-3,8H,1H3,(H,13,14). The van der Waals surface area contributed by atoms with Crippen molar-refractivity contribution in [3.8, 4) is 0 Å². The molecule has 1 rings (SSSR count). The molecule has 1 unspecified atom stereocenters. The van der Waals surface area contributed by atoms with Crippen LogP contribution in [-0.4, -0.2) is 18.2 Å². The molecule has 0 heterocycles. The lowest BCUT2D eigenvalue weighted by Gasteiger charge is -2.13.